The molecule has 0 heterocycles. The fraction of sp³-hybridized carbons (Fsp3) is 0.300. The summed E-state index contributed by atoms with van der Waals surface area (Å²) < 4.78 is 5.49. The third-order valence-corrected chi connectivity index (χ3v) is 6.34. The van der Waals surface area contributed by atoms with Gasteiger partial charge in [0, 0.05) is 23.6 Å². The molecule has 0 saturated carbocycles. The highest BCUT2D eigenvalue weighted by Gasteiger charge is 2.21. The first kappa shape index (κ1) is 27.5. The molecule has 0 radical (unpaired) electrons. The standard InChI is InChI=1S/C30H33NO6/c1-3-22(29(35)31-18-17-21-10-16-26(32)27(33)19-21)11-9-20(2)30(36)37-25-14-12-24(13-15-25)28(34)23-7-5-4-6-8-23/h4-8,10,12-16,19-20,22,32-33H,3,9,11,17-18H2,1-2H3,(H,31,35). The van der Waals surface area contributed by atoms with E-state index in [2.05, 4.69) is 5.32 Å². The SMILES string of the molecule is CCC(CCC(C)C(=O)Oc1ccc(C(=O)c2ccccc2)cc1)C(=O)NCCc1ccc(O)c(O)c1. The minimum atomic E-state index is -0.396. The number of esters is 1. The summed E-state index contributed by atoms with van der Waals surface area (Å²) in [7, 11) is 0. The molecule has 2 unspecified atom stereocenters. The molecular formula is C30H33NO6. The second kappa shape index (κ2) is 13.3. The van der Waals surface area contributed by atoms with Crippen molar-refractivity contribution in [1.82, 2.24) is 5.32 Å². The molecule has 0 aliphatic heterocycles. The van der Waals surface area contributed by atoms with Crippen molar-refractivity contribution in [2.45, 2.75) is 39.5 Å². The molecule has 0 aliphatic carbocycles. The molecule has 7 nitrogen and oxygen atoms in total. The van der Waals surface area contributed by atoms with Gasteiger partial charge in [0.2, 0.25) is 5.91 Å². The lowest BCUT2D eigenvalue weighted by atomic mass is 9.94. The van der Waals surface area contributed by atoms with Crippen molar-refractivity contribution in [3.05, 3.63) is 89.5 Å². The first-order valence-electron chi connectivity index (χ1n) is 12.5. The summed E-state index contributed by atoms with van der Waals surface area (Å²) >= 11 is 0. The van der Waals surface area contributed by atoms with Crippen LogP contribution in [0.4, 0.5) is 0 Å². The predicted octanol–water partition coefficient (Wildman–Crippen LogP) is 5.04. The van der Waals surface area contributed by atoms with E-state index in [1.807, 2.05) is 25.1 Å². The van der Waals surface area contributed by atoms with E-state index >= 15 is 0 Å². The number of benzene rings is 3. The average molecular weight is 504 g/mol. The van der Waals surface area contributed by atoms with Crippen LogP contribution in [0.3, 0.4) is 0 Å². The van der Waals surface area contributed by atoms with E-state index < -0.39 is 5.92 Å². The van der Waals surface area contributed by atoms with Gasteiger partial charge < -0.3 is 20.3 Å². The van der Waals surface area contributed by atoms with Crippen LogP contribution >= 0.6 is 0 Å². The smallest absolute Gasteiger partial charge is 0.314 e. The van der Waals surface area contributed by atoms with Gasteiger partial charge >= 0.3 is 5.97 Å². The number of rotatable bonds is 12. The van der Waals surface area contributed by atoms with Crippen molar-refractivity contribution in [2.75, 3.05) is 6.54 Å². The third-order valence-electron chi connectivity index (χ3n) is 6.34. The molecule has 37 heavy (non-hydrogen) atoms. The van der Waals surface area contributed by atoms with Crippen LogP contribution in [0.2, 0.25) is 0 Å². The highest BCUT2D eigenvalue weighted by atomic mass is 16.5. The van der Waals surface area contributed by atoms with Gasteiger partial charge in [0.05, 0.1) is 5.92 Å². The highest BCUT2D eigenvalue weighted by molar-refractivity contribution is 6.09. The van der Waals surface area contributed by atoms with Gasteiger partial charge in [0.25, 0.3) is 0 Å². The summed E-state index contributed by atoms with van der Waals surface area (Å²) in [5, 5.41) is 21.9. The van der Waals surface area contributed by atoms with Gasteiger partial charge in [-0.2, -0.15) is 0 Å². The minimum absolute atomic E-state index is 0.0789. The Balaban J connectivity index is 1.44. The van der Waals surface area contributed by atoms with Crippen LogP contribution in [0, 0.1) is 11.8 Å². The number of carbonyl (C=O) groups excluding carboxylic acids is 3. The van der Waals surface area contributed by atoms with Crippen LogP contribution in [0.1, 0.15) is 54.6 Å². The van der Waals surface area contributed by atoms with Gasteiger partial charge in [-0.15, -0.1) is 0 Å². The number of hydrogen-bond acceptors (Lipinski definition) is 6. The molecule has 0 saturated heterocycles. The summed E-state index contributed by atoms with van der Waals surface area (Å²) in [6, 6.07) is 20.0. The number of hydrogen-bond donors (Lipinski definition) is 3. The summed E-state index contributed by atoms with van der Waals surface area (Å²) in [5.74, 6) is -1.19. The van der Waals surface area contributed by atoms with Crippen molar-refractivity contribution in [2.24, 2.45) is 11.8 Å². The zero-order valence-corrected chi connectivity index (χ0v) is 21.1. The lowest BCUT2D eigenvalue weighted by Crippen LogP contribution is -2.32. The second-order valence-corrected chi connectivity index (χ2v) is 9.09. The number of phenolic OH excluding ortho intramolecular Hbond substituents is 2. The fourth-order valence-electron chi connectivity index (χ4n) is 3.94. The summed E-state index contributed by atoms with van der Waals surface area (Å²) in [5.41, 5.74) is 1.91. The monoisotopic (exact) mass is 503 g/mol. The quantitative estimate of drug-likeness (QED) is 0.138. The molecular weight excluding hydrogens is 470 g/mol. The Morgan fingerprint density at radius 2 is 1.54 bits per heavy atom. The van der Waals surface area contributed by atoms with Crippen LogP contribution in [0.25, 0.3) is 0 Å². The van der Waals surface area contributed by atoms with Gasteiger partial charge in [0.1, 0.15) is 5.75 Å². The molecule has 3 N–H and O–H groups in total. The number of ketones is 1. The molecule has 194 valence electrons. The first-order chi connectivity index (χ1) is 17.8. The Kier molecular flexibility index (Phi) is 9.84. The zero-order chi connectivity index (χ0) is 26.8. The molecule has 1 amide bonds. The molecule has 7 heteroatoms. The Hall–Kier alpha value is -4.13. The number of phenols is 2. The molecule has 3 aromatic rings. The largest absolute Gasteiger partial charge is 0.504 e. The topological polar surface area (TPSA) is 113 Å². The Morgan fingerprint density at radius 3 is 2.19 bits per heavy atom. The van der Waals surface area contributed by atoms with Gasteiger partial charge in [-0.1, -0.05) is 50.2 Å². The molecule has 2 atom stereocenters. The van der Waals surface area contributed by atoms with Crippen molar-refractivity contribution in [3.8, 4) is 17.2 Å². The van der Waals surface area contributed by atoms with Crippen molar-refractivity contribution < 1.29 is 29.3 Å². The lowest BCUT2D eigenvalue weighted by Gasteiger charge is -2.17. The molecule has 0 spiro atoms. The van der Waals surface area contributed by atoms with Crippen LogP contribution in [0.5, 0.6) is 17.2 Å². The second-order valence-electron chi connectivity index (χ2n) is 9.09. The fourth-order valence-corrected chi connectivity index (χ4v) is 3.94. The van der Waals surface area contributed by atoms with Crippen LogP contribution in [0.15, 0.2) is 72.8 Å². The molecule has 3 rings (SSSR count). The first-order valence-corrected chi connectivity index (χ1v) is 12.5. The molecule has 0 bridgehead atoms. The molecule has 0 aromatic heterocycles. The maximum Gasteiger partial charge on any atom is 0.314 e. The van der Waals surface area contributed by atoms with Gasteiger partial charge in [0.15, 0.2) is 17.3 Å². The maximum absolute atomic E-state index is 12.6. The maximum atomic E-state index is 12.6. The van der Waals surface area contributed by atoms with Crippen LogP contribution in [-0.2, 0) is 16.0 Å². The van der Waals surface area contributed by atoms with Gasteiger partial charge in [-0.25, -0.2) is 0 Å². The van der Waals surface area contributed by atoms with Crippen LogP contribution < -0.4 is 10.1 Å². The van der Waals surface area contributed by atoms with Gasteiger partial charge in [-0.3, -0.25) is 14.4 Å². The highest BCUT2D eigenvalue weighted by Crippen LogP contribution is 2.25. The Labute approximate surface area is 217 Å². The predicted molar refractivity (Wildman–Crippen MR) is 141 cm³/mol. The summed E-state index contributed by atoms with van der Waals surface area (Å²) in [6.07, 6.45) is 2.21. The number of amides is 1. The molecule has 0 aliphatic rings. The van der Waals surface area contributed by atoms with E-state index in [0.717, 1.165) is 5.56 Å². The number of aromatic hydroxyl groups is 2. The summed E-state index contributed by atoms with van der Waals surface area (Å²) in [4.78, 5) is 37.7. The summed E-state index contributed by atoms with van der Waals surface area (Å²) in [6.45, 7) is 4.11. The normalized spacial score (nSPS) is 12.4. The number of ether oxygens (including phenoxy) is 1. The molecule has 3 aromatic carbocycles. The number of carbonyl (C=O) groups is 3. The van der Waals surface area contributed by atoms with Crippen molar-refractivity contribution >= 4 is 17.7 Å². The van der Waals surface area contributed by atoms with E-state index in [4.69, 9.17) is 4.74 Å². The van der Waals surface area contributed by atoms with Crippen molar-refractivity contribution in [3.63, 3.8) is 0 Å². The minimum Gasteiger partial charge on any atom is -0.504 e. The van der Waals surface area contributed by atoms with E-state index in [-0.39, 0.29) is 35.1 Å². The molecule has 0 fully saturated rings. The number of nitrogens with one attached hydrogen (secondary N) is 1. The lowest BCUT2D eigenvalue weighted by molar-refractivity contribution is -0.139. The zero-order valence-electron chi connectivity index (χ0n) is 21.1. The Morgan fingerprint density at radius 1 is 0.865 bits per heavy atom. The van der Waals surface area contributed by atoms with E-state index in [1.165, 1.54) is 12.1 Å². The Bertz CT molecular complexity index is 1210. The van der Waals surface area contributed by atoms with E-state index in [9.17, 15) is 24.6 Å². The average Bonchev–Trinajstić information content (AvgIpc) is 2.91. The van der Waals surface area contributed by atoms with Crippen molar-refractivity contribution in [1.29, 1.82) is 0 Å². The van der Waals surface area contributed by atoms with Crippen LogP contribution in [-0.4, -0.2) is 34.4 Å². The third kappa shape index (κ3) is 7.93. The van der Waals surface area contributed by atoms with Gasteiger partial charge in [-0.05, 0) is 67.6 Å². The van der Waals surface area contributed by atoms with E-state index in [0.29, 0.717) is 49.1 Å². The van der Waals surface area contributed by atoms with E-state index in [1.54, 1.807) is 49.4 Å².